The molecule has 1 aromatic rings. The van der Waals surface area contributed by atoms with E-state index in [1.54, 1.807) is 0 Å². The largest absolute Gasteiger partial charge is 0.378 e. The van der Waals surface area contributed by atoms with Crippen LogP contribution in [-0.2, 0) is 9.53 Å². The SMILES string of the molecule is C[C@@H](CC(N)=O)c1ccc(N2CCOCC2)cc1. The van der Waals surface area contributed by atoms with Crippen LogP contribution in [0.4, 0.5) is 5.69 Å². The molecule has 98 valence electrons. The molecule has 2 rings (SSSR count). The van der Waals surface area contributed by atoms with Gasteiger partial charge >= 0.3 is 0 Å². The van der Waals surface area contributed by atoms with Gasteiger partial charge in [0.05, 0.1) is 13.2 Å². The molecule has 1 amide bonds. The maximum absolute atomic E-state index is 10.9. The van der Waals surface area contributed by atoms with Gasteiger partial charge in [-0.25, -0.2) is 0 Å². The van der Waals surface area contributed by atoms with Gasteiger partial charge < -0.3 is 15.4 Å². The number of morpholine rings is 1. The van der Waals surface area contributed by atoms with Crippen LogP contribution >= 0.6 is 0 Å². The summed E-state index contributed by atoms with van der Waals surface area (Å²) in [6.07, 6.45) is 0.400. The number of rotatable bonds is 4. The Balaban J connectivity index is 2.02. The minimum Gasteiger partial charge on any atom is -0.378 e. The first kappa shape index (κ1) is 12.9. The van der Waals surface area contributed by atoms with Crippen LogP contribution in [0, 0.1) is 0 Å². The lowest BCUT2D eigenvalue weighted by atomic mass is 9.97. The van der Waals surface area contributed by atoms with Crippen molar-refractivity contribution in [3.8, 4) is 0 Å². The Labute approximate surface area is 108 Å². The second-order valence-electron chi connectivity index (χ2n) is 4.76. The third kappa shape index (κ3) is 3.23. The minimum absolute atomic E-state index is 0.182. The zero-order chi connectivity index (χ0) is 13.0. The van der Waals surface area contributed by atoms with E-state index in [2.05, 4.69) is 29.2 Å². The average molecular weight is 248 g/mol. The maximum Gasteiger partial charge on any atom is 0.218 e. The molecule has 0 unspecified atom stereocenters. The predicted molar refractivity (Wildman–Crippen MR) is 71.7 cm³/mol. The first-order valence-electron chi connectivity index (χ1n) is 6.38. The topological polar surface area (TPSA) is 55.6 Å². The number of nitrogens with zero attached hydrogens (tertiary/aromatic N) is 1. The van der Waals surface area contributed by atoms with E-state index >= 15 is 0 Å². The molecule has 0 bridgehead atoms. The van der Waals surface area contributed by atoms with Crippen molar-refractivity contribution >= 4 is 11.6 Å². The predicted octanol–water partition coefficient (Wildman–Crippen LogP) is 1.50. The quantitative estimate of drug-likeness (QED) is 0.878. The fourth-order valence-electron chi connectivity index (χ4n) is 2.25. The minimum atomic E-state index is -0.250. The molecule has 0 spiro atoms. The van der Waals surface area contributed by atoms with E-state index in [0.717, 1.165) is 31.9 Å². The summed E-state index contributed by atoms with van der Waals surface area (Å²) in [6.45, 7) is 5.49. The number of hydrogen-bond acceptors (Lipinski definition) is 3. The highest BCUT2D eigenvalue weighted by Crippen LogP contribution is 2.23. The van der Waals surface area contributed by atoms with Gasteiger partial charge in [0.1, 0.15) is 0 Å². The second kappa shape index (κ2) is 5.87. The van der Waals surface area contributed by atoms with Crippen molar-refractivity contribution in [3.63, 3.8) is 0 Å². The Bertz CT molecular complexity index is 397. The van der Waals surface area contributed by atoms with Crippen molar-refractivity contribution in [2.45, 2.75) is 19.3 Å². The van der Waals surface area contributed by atoms with E-state index in [1.165, 1.54) is 5.69 Å². The third-order valence-electron chi connectivity index (χ3n) is 3.35. The zero-order valence-electron chi connectivity index (χ0n) is 10.8. The number of carbonyl (C=O) groups is 1. The summed E-state index contributed by atoms with van der Waals surface area (Å²) in [5.41, 5.74) is 7.59. The van der Waals surface area contributed by atoms with Gasteiger partial charge in [0.25, 0.3) is 0 Å². The molecule has 2 N–H and O–H groups in total. The summed E-state index contributed by atoms with van der Waals surface area (Å²) >= 11 is 0. The first-order valence-corrected chi connectivity index (χ1v) is 6.38. The van der Waals surface area contributed by atoms with Gasteiger partial charge in [0.2, 0.25) is 5.91 Å². The Morgan fingerprint density at radius 1 is 1.33 bits per heavy atom. The van der Waals surface area contributed by atoms with Crippen LogP contribution in [-0.4, -0.2) is 32.2 Å². The number of ether oxygens (including phenoxy) is 1. The van der Waals surface area contributed by atoms with E-state index in [9.17, 15) is 4.79 Å². The molecule has 4 nitrogen and oxygen atoms in total. The highest BCUT2D eigenvalue weighted by Gasteiger charge is 2.12. The van der Waals surface area contributed by atoms with Crippen LogP contribution in [0.1, 0.15) is 24.8 Å². The molecule has 1 aliphatic heterocycles. The molecular formula is C14H20N2O2. The number of hydrogen-bond donors (Lipinski definition) is 1. The number of benzene rings is 1. The molecular weight excluding hydrogens is 228 g/mol. The molecule has 0 radical (unpaired) electrons. The highest BCUT2D eigenvalue weighted by molar-refractivity contribution is 5.74. The fraction of sp³-hybridized carbons (Fsp3) is 0.500. The van der Waals surface area contributed by atoms with Crippen molar-refractivity contribution in [2.24, 2.45) is 5.73 Å². The standard InChI is InChI=1S/C14H20N2O2/c1-11(10-14(15)17)12-2-4-13(5-3-12)16-6-8-18-9-7-16/h2-5,11H,6-10H2,1H3,(H2,15,17)/t11-/m0/s1. The summed E-state index contributed by atoms with van der Waals surface area (Å²) in [5, 5.41) is 0. The van der Waals surface area contributed by atoms with Crippen molar-refractivity contribution in [1.29, 1.82) is 0 Å². The Kier molecular flexibility index (Phi) is 4.20. The molecule has 1 fully saturated rings. The van der Waals surface area contributed by atoms with Crippen molar-refractivity contribution < 1.29 is 9.53 Å². The Hall–Kier alpha value is -1.55. The van der Waals surface area contributed by atoms with Crippen LogP contribution in [0.2, 0.25) is 0 Å². The molecule has 0 aromatic heterocycles. The number of anilines is 1. The van der Waals surface area contributed by atoms with Gasteiger partial charge in [-0.3, -0.25) is 4.79 Å². The lowest BCUT2D eigenvalue weighted by Crippen LogP contribution is -2.36. The van der Waals surface area contributed by atoms with Gasteiger partial charge in [0, 0.05) is 25.2 Å². The average Bonchev–Trinajstić information content (AvgIpc) is 2.39. The van der Waals surface area contributed by atoms with E-state index < -0.39 is 0 Å². The van der Waals surface area contributed by atoms with Crippen LogP contribution in [0.15, 0.2) is 24.3 Å². The fourth-order valence-corrected chi connectivity index (χ4v) is 2.25. The maximum atomic E-state index is 10.9. The van der Waals surface area contributed by atoms with Crippen LogP contribution < -0.4 is 10.6 Å². The molecule has 1 atom stereocenters. The Morgan fingerprint density at radius 2 is 1.94 bits per heavy atom. The monoisotopic (exact) mass is 248 g/mol. The number of nitrogens with two attached hydrogens (primary N) is 1. The third-order valence-corrected chi connectivity index (χ3v) is 3.35. The summed E-state index contributed by atoms with van der Waals surface area (Å²) in [5.74, 6) is -0.0685. The van der Waals surface area contributed by atoms with E-state index in [1.807, 2.05) is 6.92 Å². The van der Waals surface area contributed by atoms with Gasteiger partial charge in [-0.15, -0.1) is 0 Å². The van der Waals surface area contributed by atoms with Crippen molar-refractivity contribution in [3.05, 3.63) is 29.8 Å². The lowest BCUT2D eigenvalue weighted by molar-refractivity contribution is -0.118. The normalized spacial score (nSPS) is 17.5. The van der Waals surface area contributed by atoms with Gasteiger partial charge in [-0.2, -0.15) is 0 Å². The van der Waals surface area contributed by atoms with Crippen LogP contribution in [0.25, 0.3) is 0 Å². The summed E-state index contributed by atoms with van der Waals surface area (Å²) in [7, 11) is 0. The van der Waals surface area contributed by atoms with Gasteiger partial charge in [0.15, 0.2) is 0 Å². The number of amides is 1. The molecule has 0 saturated carbocycles. The number of carbonyl (C=O) groups excluding carboxylic acids is 1. The highest BCUT2D eigenvalue weighted by atomic mass is 16.5. The zero-order valence-corrected chi connectivity index (χ0v) is 10.8. The summed E-state index contributed by atoms with van der Waals surface area (Å²) < 4.78 is 5.33. The Morgan fingerprint density at radius 3 is 2.50 bits per heavy atom. The summed E-state index contributed by atoms with van der Waals surface area (Å²) in [4.78, 5) is 13.2. The van der Waals surface area contributed by atoms with E-state index in [4.69, 9.17) is 10.5 Å². The molecule has 1 heterocycles. The lowest BCUT2D eigenvalue weighted by Gasteiger charge is -2.29. The van der Waals surface area contributed by atoms with Crippen molar-refractivity contribution in [2.75, 3.05) is 31.2 Å². The number of primary amides is 1. The van der Waals surface area contributed by atoms with Crippen molar-refractivity contribution in [1.82, 2.24) is 0 Å². The molecule has 1 aromatic carbocycles. The molecule has 4 heteroatoms. The van der Waals surface area contributed by atoms with E-state index in [-0.39, 0.29) is 11.8 Å². The molecule has 1 aliphatic rings. The molecule has 18 heavy (non-hydrogen) atoms. The van der Waals surface area contributed by atoms with Gasteiger partial charge in [-0.05, 0) is 23.6 Å². The van der Waals surface area contributed by atoms with Crippen LogP contribution in [0.3, 0.4) is 0 Å². The van der Waals surface area contributed by atoms with Gasteiger partial charge in [-0.1, -0.05) is 19.1 Å². The van der Waals surface area contributed by atoms with Crippen LogP contribution in [0.5, 0.6) is 0 Å². The summed E-state index contributed by atoms with van der Waals surface area (Å²) in [6, 6.07) is 8.38. The second-order valence-corrected chi connectivity index (χ2v) is 4.76. The first-order chi connectivity index (χ1) is 8.66. The van der Waals surface area contributed by atoms with E-state index in [0.29, 0.717) is 6.42 Å². The molecule has 1 saturated heterocycles. The smallest absolute Gasteiger partial charge is 0.218 e. The molecule has 0 aliphatic carbocycles.